The zero-order chi connectivity index (χ0) is 21.1. The number of aliphatic hydroxyl groups excluding tert-OH is 1. The van der Waals surface area contributed by atoms with Gasteiger partial charge in [0.15, 0.2) is 0 Å². The largest absolute Gasteiger partial charge is 0.396 e. The molecule has 3 rings (SSSR count). The number of hydrogen-bond acceptors (Lipinski definition) is 5. The molecule has 29 heavy (non-hydrogen) atoms. The lowest BCUT2D eigenvalue weighted by atomic mass is 10.0. The number of rotatable bonds is 6. The molecule has 150 valence electrons. The van der Waals surface area contributed by atoms with Crippen LogP contribution >= 0.6 is 11.8 Å². The normalized spacial score (nSPS) is 14.0. The standard InChI is InChI=1S/C22H22N2O4S/c1-13-4-5-16(12-14(13)2)19-20(29-11-10-25)22(28)24(21(19)27)18-8-6-17(7-9-18)23-15(3)26/h4-9,12,25H,10-11H2,1-3H3,(H,23,26). The van der Waals surface area contributed by atoms with Gasteiger partial charge in [0.25, 0.3) is 11.8 Å². The Morgan fingerprint density at radius 1 is 1.03 bits per heavy atom. The molecule has 2 N–H and O–H groups in total. The monoisotopic (exact) mass is 410 g/mol. The van der Waals surface area contributed by atoms with Crippen molar-refractivity contribution in [3.8, 4) is 0 Å². The average Bonchev–Trinajstić information content (AvgIpc) is 2.92. The van der Waals surface area contributed by atoms with Crippen LogP contribution in [0.3, 0.4) is 0 Å². The van der Waals surface area contributed by atoms with E-state index in [4.69, 9.17) is 0 Å². The molecule has 0 atom stereocenters. The van der Waals surface area contributed by atoms with E-state index in [0.29, 0.717) is 33.2 Å². The molecule has 0 fully saturated rings. The van der Waals surface area contributed by atoms with E-state index in [-0.39, 0.29) is 12.5 Å². The van der Waals surface area contributed by atoms with Crippen LogP contribution in [0.1, 0.15) is 23.6 Å². The molecule has 0 saturated carbocycles. The minimum Gasteiger partial charge on any atom is -0.396 e. The van der Waals surface area contributed by atoms with E-state index in [1.165, 1.54) is 18.7 Å². The number of thioether (sulfide) groups is 1. The first kappa shape index (κ1) is 20.8. The SMILES string of the molecule is CC(=O)Nc1ccc(N2C(=O)C(SCCO)=C(c3ccc(C)c(C)c3)C2=O)cc1. The maximum Gasteiger partial charge on any atom is 0.272 e. The summed E-state index contributed by atoms with van der Waals surface area (Å²) in [6.07, 6.45) is 0. The van der Waals surface area contributed by atoms with E-state index in [1.807, 2.05) is 32.0 Å². The second-order valence-corrected chi connectivity index (χ2v) is 7.85. The van der Waals surface area contributed by atoms with Crippen LogP contribution < -0.4 is 10.2 Å². The van der Waals surface area contributed by atoms with E-state index >= 15 is 0 Å². The van der Waals surface area contributed by atoms with Gasteiger partial charge in [0.2, 0.25) is 5.91 Å². The Hall–Kier alpha value is -2.90. The smallest absolute Gasteiger partial charge is 0.272 e. The molecular weight excluding hydrogens is 388 g/mol. The van der Waals surface area contributed by atoms with Crippen molar-refractivity contribution in [2.45, 2.75) is 20.8 Å². The summed E-state index contributed by atoms with van der Waals surface area (Å²) in [6, 6.07) is 12.2. The van der Waals surface area contributed by atoms with Crippen LogP contribution in [0.25, 0.3) is 5.57 Å². The van der Waals surface area contributed by atoms with Crippen LogP contribution in [0.4, 0.5) is 11.4 Å². The van der Waals surface area contributed by atoms with Crippen molar-refractivity contribution < 1.29 is 19.5 Å². The molecule has 0 unspecified atom stereocenters. The molecule has 0 aromatic heterocycles. The van der Waals surface area contributed by atoms with Gasteiger partial charge in [-0.1, -0.05) is 18.2 Å². The highest BCUT2D eigenvalue weighted by Crippen LogP contribution is 2.38. The van der Waals surface area contributed by atoms with Gasteiger partial charge in [-0.15, -0.1) is 11.8 Å². The number of imide groups is 1. The Balaban J connectivity index is 2.01. The fourth-order valence-electron chi connectivity index (χ4n) is 3.07. The highest BCUT2D eigenvalue weighted by Gasteiger charge is 2.40. The Kier molecular flexibility index (Phi) is 6.20. The molecule has 0 radical (unpaired) electrons. The number of carbonyl (C=O) groups is 3. The van der Waals surface area contributed by atoms with Crippen LogP contribution in [0.5, 0.6) is 0 Å². The summed E-state index contributed by atoms with van der Waals surface area (Å²) in [6.45, 7) is 5.26. The molecule has 2 aromatic rings. The Morgan fingerprint density at radius 3 is 2.31 bits per heavy atom. The van der Waals surface area contributed by atoms with Gasteiger partial charge in [-0.05, 0) is 54.8 Å². The molecule has 1 aliphatic heterocycles. The topological polar surface area (TPSA) is 86.7 Å². The van der Waals surface area contributed by atoms with Gasteiger partial charge in [0.1, 0.15) is 0 Å². The highest BCUT2D eigenvalue weighted by molar-refractivity contribution is 8.04. The van der Waals surface area contributed by atoms with Gasteiger partial charge in [-0.3, -0.25) is 14.4 Å². The molecule has 0 aliphatic carbocycles. The second kappa shape index (κ2) is 8.63. The van der Waals surface area contributed by atoms with Crippen LogP contribution in [0, 0.1) is 13.8 Å². The van der Waals surface area contributed by atoms with Crippen molar-refractivity contribution >= 4 is 46.4 Å². The number of nitrogens with one attached hydrogen (secondary N) is 1. The average molecular weight is 410 g/mol. The third-order valence-corrected chi connectivity index (χ3v) is 5.67. The summed E-state index contributed by atoms with van der Waals surface area (Å²) in [5.41, 5.74) is 4.17. The number of nitrogens with zero attached hydrogens (tertiary/aromatic N) is 1. The van der Waals surface area contributed by atoms with Crippen molar-refractivity contribution in [2.75, 3.05) is 22.6 Å². The third kappa shape index (κ3) is 4.26. The molecule has 7 heteroatoms. The van der Waals surface area contributed by atoms with Gasteiger partial charge in [-0.25, -0.2) is 4.90 Å². The maximum atomic E-state index is 13.3. The number of amides is 3. The first-order chi connectivity index (χ1) is 13.8. The maximum absolute atomic E-state index is 13.3. The molecule has 0 spiro atoms. The number of aliphatic hydroxyl groups is 1. The number of benzene rings is 2. The Morgan fingerprint density at radius 2 is 1.72 bits per heavy atom. The first-order valence-corrected chi connectivity index (χ1v) is 10.1. The lowest BCUT2D eigenvalue weighted by Crippen LogP contribution is -2.31. The lowest BCUT2D eigenvalue weighted by molar-refractivity contribution is -0.120. The highest BCUT2D eigenvalue weighted by atomic mass is 32.2. The van der Waals surface area contributed by atoms with Crippen molar-refractivity contribution in [1.29, 1.82) is 0 Å². The van der Waals surface area contributed by atoms with Crippen molar-refractivity contribution in [3.63, 3.8) is 0 Å². The minimum atomic E-state index is -0.408. The predicted molar refractivity (Wildman–Crippen MR) is 116 cm³/mol. The van der Waals surface area contributed by atoms with E-state index in [2.05, 4.69) is 5.32 Å². The Labute approximate surface area is 173 Å². The molecular formula is C22H22N2O4S. The van der Waals surface area contributed by atoms with E-state index in [0.717, 1.165) is 16.0 Å². The predicted octanol–water partition coefficient (Wildman–Crippen LogP) is 3.27. The van der Waals surface area contributed by atoms with Gasteiger partial charge in [0, 0.05) is 18.4 Å². The van der Waals surface area contributed by atoms with Crippen molar-refractivity contribution in [3.05, 3.63) is 64.1 Å². The van der Waals surface area contributed by atoms with Crippen molar-refractivity contribution in [1.82, 2.24) is 0 Å². The van der Waals surface area contributed by atoms with E-state index < -0.39 is 11.8 Å². The minimum absolute atomic E-state index is 0.0960. The van der Waals surface area contributed by atoms with Gasteiger partial charge in [-0.2, -0.15) is 0 Å². The summed E-state index contributed by atoms with van der Waals surface area (Å²) < 4.78 is 0. The summed E-state index contributed by atoms with van der Waals surface area (Å²) in [5.74, 6) is -0.690. The Bertz CT molecular complexity index is 1010. The van der Waals surface area contributed by atoms with Crippen LogP contribution in [-0.4, -0.2) is 35.2 Å². The second-order valence-electron chi connectivity index (χ2n) is 6.75. The number of aryl methyl sites for hydroxylation is 2. The van der Waals surface area contributed by atoms with Gasteiger partial charge < -0.3 is 10.4 Å². The zero-order valence-electron chi connectivity index (χ0n) is 16.5. The van der Waals surface area contributed by atoms with Crippen LogP contribution in [0.2, 0.25) is 0 Å². The third-order valence-electron chi connectivity index (χ3n) is 4.62. The molecule has 1 aliphatic rings. The number of hydrogen-bond donors (Lipinski definition) is 2. The van der Waals surface area contributed by atoms with E-state index in [9.17, 15) is 19.5 Å². The first-order valence-electron chi connectivity index (χ1n) is 9.15. The summed E-state index contributed by atoms with van der Waals surface area (Å²) in [4.78, 5) is 39.0. The summed E-state index contributed by atoms with van der Waals surface area (Å²) >= 11 is 1.18. The number of anilines is 2. The lowest BCUT2D eigenvalue weighted by Gasteiger charge is -2.16. The number of carbonyl (C=O) groups excluding carboxylic acids is 3. The fourth-order valence-corrected chi connectivity index (χ4v) is 3.93. The molecule has 2 aromatic carbocycles. The summed E-state index contributed by atoms with van der Waals surface area (Å²) in [7, 11) is 0. The summed E-state index contributed by atoms with van der Waals surface area (Å²) in [5, 5.41) is 11.9. The van der Waals surface area contributed by atoms with Gasteiger partial charge in [0.05, 0.1) is 22.8 Å². The van der Waals surface area contributed by atoms with Crippen LogP contribution in [0.15, 0.2) is 47.4 Å². The quantitative estimate of drug-likeness (QED) is 0.714. The van der Waals surface area contributed by atoms with Gasteiger partial charge >= 0.3 is 0 Å². The molecule has 6 nitrogen and oxygen atoms in total. The fraction of sp³-hybridized carbons (Fsp3) is 0.227. The van der Waals surface area contributed by atoms with E-state index in [1.54, 1.807) is 24.3 Å². The molecule has 1 heterocycles. The van der Waals surface area contributed by atoms with Crippen molar-refractivity contribution in [2.24, 2.45) is 0 Å². The molecule has 3 amide bonds. The zero-order valence-corrected chi connectivity index (χ0v) is 17.3. The molecule has 0 bridgehead atoms. The molecule has 0 saturated heterocycles. The van der Waals surface area contributed by atoms with Crippen LogP contribution in [-0.2, 0) is 14.4 Å².